The lowest BCUT2D eigenvalue weighted by Crippen LogP contribution is -2.35. The van der Waals surface area contributed by atoms with Crippen LogP contribution in [-0.4, -0.2) is 43.8 Å². The maximum atomic E-state index is 13.3. The molecule has 9 heteroatoms. The Hall–Kier alpha value is -3.27. The highest BCUT2D eigenvalue weighted by molar-refractivity contribution is 9.10. The first kappa shape index (κ1) is 26.3. The monoisotopic (exact) mass is 555 g/mol. The number of thiocarbonyl (C=S) groups is 1. The van der Waals surface area contributed by atoms with Crippen LogP contribution in [0.3, 0.4) is 0 Å². The number of methoxy groups -OCH3 is 1. The predicted molar refractivity (Wildman–Crippen MR) is 145 cm³/mol. The minimum absolute atomic E-state index is 0.0783. The normalized spacial score (nSPS) is 10.4. The smallest absolute Gasteiger partial charge is 0.260 e. The van der Waals surface area contributed by atoms with Crippen molar-refractivity contribution in [2.75, 3.05) is 37.1 Å². The number of rotatable bonds is 9. The van der Waals surface area contributed by atoms with Gasteiger partial charge in [-0.2, -0.15) is 0 Å². The van der Waals surface area contributed by atoms with Gasteiger partial charge in [-0.05, 0) is 77.5 Å². The van der Waals surface area contributed by atoms with Gasteiger partial charge in [0, 0.05) is 24.9 Å². The summed E-state index contributed by atoms with van der Waals surface area (Å²) in [4.78, 5) is 27.7. The fourth-order valence-corrected chi connectivity index (χ4v) is 3.99. The summed E-state index contributed by atoms with van der Waals surface area (Å²) >= 11 is 8.77. The van der Waals surface area contributed by atoms with Crippen molar-refractivity contribution in [3.8, 4) is 5.75 Å². The first-order valence-electron chi connectivity index (χ1n) is 10.9. The van der Waals surface area contributed by atoms with Crippen molar-refractivity contribution in [2.45, 2.75) is 6.92 Å². The zero-order valence-corrected chi connectivity index (χ0v) is 21.8. The Bertz CT molecular complexity index is 1190. The Morgan fingerprint density at radius 1 is 1.00 bits per heavy atom. The van der Waals surface area contributed by atoms with Gasteiger partial charge in [0.2, 0.25) is 0 Å². The number of carbonyl (C=O) groups is 2. The first-order valence-corrected chi connectivity index (χ1v) is 12.1. The number of carbonyl (C=O) groups excluding carboxylic acids is 2. The summed E-state index contributed by atoms with van der Waals surface area (Å²) in [5.41, 5.74) is 2.13. The van der Waals surface area contributed by atoms with Gasteiger partial charge in [-0.15, -0.1) is 0 Å². The number of nitrogens with zero attached hydrogens (tertiary/aromatic N) is 1. The fourth-order valence-electron chi connectivity index (χ4n) is 3.30. The molecule has 0 aliphatic rings. The number of hydrogen-bond donors (Lipinski definition) is 2. The molecule has 7 nitrogen and oxygen atoms in total. The number of nitrogens with one attached hydrogen (secondary N) is 2. The number of hydrogen-bond acceptors (Lipinski definition) is 5. The van der Waals surface area contributed by atoms with Gasteiger partial charge in [-0.3, -0.25) is 14.9 Å². The summed E-state index contributed by atoms with van der Waals surface area (Å²) < 4.78 is 11.2. The maximum Gasteiger partial charge on any atom is 0.260 e. The Labute approximate surface area is 218 Å². The largest absolute Gasteiger partial charge is 0.490 e. The number of halogens is 1. The molecule has 0 unspecified atom stereocenters. The number of benzene rings is 3. The average Bonchev–Trinajstić information content (AvgIpc) is 2.86. The van der Waals surface area contributed by atoms with E-state index in [1.165, 1.54) is 0 Å². The minimum Gasteiger partial charge on any atom is -0.490 e. The van der Waals surface area contributed by atoms with Gasteiger partial charge in [0.15, 0.2) is 5.11 Å². The molecule has 0 heterocycles. The SMILES string of the molecule is CCN(C(=O)c1ccccc1NC(=S)NC(=O)c1ccc(OCCOC)c(Br)c1)c1ccccc1. The third kappa shape index (κ3) is 7.11. The molecule has 2 amide bonds. The quantitative estimate of drug-likeness (QED) is 0.276. The van der Waals surface area contributed by atoms with Gasteiger partial charge in [-0.25, -0.2) is 0 Å². The summed E-state index contributed by atoms with van der Waals surface area (Å²) in [5, 5.41) is 5.72. The molecule has 182 valence electrons. The van der Waals surface area contributed by atoms with Crippen molar-refractivity contribution in [1.82, 2.24) is 5.32 Å². The van der Waals surface area contributed by atoms with Crippen molar-refractivity contribution in [1.29, 1.82) is 0 Å². The van der Waals surface area contributed by atoms with E-state index in [9.17, 15) is 9.59 Å². The molecule has 0 bridgehead atoms. The minimum atomic E-state index is -0.394. The molecule has 0 atom stereocenters. The Morgan fingerprint density at radius 3 is 2.40 bits per heavy atom. The van der Waals surface area contributed by atoms with Crippen LogP contribution in [0, 0.1) is 0 Å². The molecule has 0 spiro atoms. The second-order valence-corrected chi connectivity index (χ2v) is 8.59. The van der Waals surface area contributed by atoms with Gasteiger partial charge in [-0.1, -0.05) is 30.3 Å². The lowest BCUT2D eigenvalue weighted by Gasteiger charge is -2.23. The van der Waals surface area contributed by atoms with E-state index in [4.69, 9.17) is 21.7 Å². The van der Waals surface area contributed by atoms with E-state index in [1.54, 1.807) is 54.5 Å². The molecule has 2 N–H and O–H groups in total. The molecule has 0 saturated carbocycles. The molecule has 0 fully saturated rings. The summed E-state index contributed by atoms with van der Waals surface area (Å²) in [6, 6.07) is 21.5. The van der Waals surface area contributed by atoms with E-state index in [1.807, 2.05) is 37.3 Å². The molecule has 0 radical (unpaired) electrons. The van der Waals surface area contributed by atoms with Crippen LogP contribution in [0.1, 0.15) is 27.6 Å². The van der Waals surface area contributed by atoms with E-state index in [0.717, 1.165) is 5.69 Å². The van der Waals surface area contributed by atoms with E-state index < -0.39 is 5.91 Å². The molecular formula is C26H26BrN3O4S. The topological polar surface area (TPSA) is 79.9 Å². The lowest BCUT2D eigenvalue weighted by atomic mass is 10.1. The summed E-state index contributed by atoms with van der Waals surface area (Å²) in [6.45, 7) is 3.27. The molecule has 3 aromatic carbocycles. The Balaban J connectivity index is 1.69. The highest BCUT2D eigenvalue weighted by Crippen LogP contribution is 2.26. The second kappa shape index (κ2) is 13.0. The zero-order valence-electron chi connectivity index (χ0n) is 19.4. The van der Waals surface area contributed by atoms with Crippen LogP contribution in [0.25, 0.3) is 0 Å². The molecule has 3 rings (SSSR count). The van der Waals surface area contributed by atoms with Gasteiger partial charge < -0.3 is 19.7 Å². The number of ether oxygens (including phenoxy) is 2. The average molecular weight is 556 g/mol. The van der Waals surface area contributed by atoms with Gasteiger partial charge >= 0.3 is 0 Å². The number of para-hydroxylation sites is 2. The van der Waals surface area contributed by atoms with E-state index in [2.05, 4.69) is 26.6 Å². The molecule has 0 saturated heterocycles. The van der Waals surface area contributed by atoms with E-state index in [-0.39, 0.29) is 11.0 Å². The van der Waals surface area contributed by atoms with Crippen LogP contribution in [0.2, 0.25) is 0 Å². The molecule has 0 aromatic heterocycles. The summed E-state index contributed by atoms with van der Waals surface area (Å²) in [5.74, 6) is 0.0319. The van der Waals surface area contributed by atoms with E-state index in [0.29, 0.717) is 46.8 Å². The van der Waals surface area contributed by atoms with Gasteiger partial charge in [0.1, 0.15) is 12.4 Å². The van der Waals surface area contributed by atoms with Crippen LogP contribution in [0.4, 0.5) is 11.4 Å². The summed E-state index contributed by atoms with van der Waals surface area (Å²) in [7, 11) is 1.60. The second-order valence-electron chi connectivity index (χ2n) is 7.33. The van der Waals surface area contributed by atoms with Crippen molar-refractivity contribution < 1.29 is 19.1 Å². The predicted octanol–water partition coefficient (Wildman–Crippen LogP) is 5.27. The lowest BCUT2D eigenvalue weighted by molar-refractivity contribution is 0.0974. The Morgan fingerprint density at radius 2 is 1.71 bits per heavy atom. The number of anilines is 2. The molecule has 0 aliphatic heterocycles. The molecule has 3 aromatic rings. The first-order chi connectivity index (χ1) is 16.9. The van der Waals surface area contributed by atoms with Crippen LogP contribution in [0.5, 0.6) is 5.75 Å². The molecule has 35 heavy (non-hydrogen) atoms. The van der Waals surface area contributed by atoms with Crippen molar-refractivity contribution in [3.05, 3.63) is 88.4 Å². The zero-order chi connectivity index (χ0) is 25.2. The number of amides is 2. The van der Waals surface area contributed by atoms with Crippen LogP contribution >= 0.6 is 28.1 Å². The highest BCUT2D eigenvalue weighted by Gasteiger charge is 2.20. The Kier molecular flexibility index (Phi) is 9.77. The van der Waals surface area contributed by atoms with Gasteiger partial charge in [0.25, 0.3) is 11.8 Å². The highest BCUT2D eigenvalue weighted by atomic mass is 79.9. The van der Waals surface area contributed by atoms with Crippen molar-refractivity contribution in [2.24, 2.45) is 0 Å². The van der Waals surface area contributed by atoms with Crippen LogP contribution in [-0.2, 0) is 4.74 Å². The third-order valence-corrected chi connectivity index (χ3v) is 5.82. The third-order valence-electron chi connectivity index (χ3n) is 5.00. The van der Waals surface area contributed by atoms with Gasteiger partial charge in [0.05, 0.1) is 22.3 Å². The molecule has 0 aliphatic carbocycles. The van der Waals surface area contributed by atoms with Crippen LogP contribution in [0.15, 0.2) is 77.3 Å². The standard InChI is InChI=1S/C26H26BrN3O4S/c1-3-30(19-9-5-4-6-10-19)25(32)20-11-7-8-12-22(20)28-26(35)29-24(31)18-13-14-23(21(27)17-18)34-16-15-33-2/h4-14,17H,3,15-16H2,1-2H3,(H2,28,29,31,35). The molecular weight excluding hydrogens is 530 g/mol. The fraction of sp³-hybridized carbons (Fsp3) is 0.192. The van der Waals surface area contributed by atoms with E-state index >= 15 is 0 Å². The van der Waals surface area contributed by atoms with Crippen LogP contribution < -0.4 is 20.3 Å². The van der Waals surface area contributed by atoms with Crippen molar-refractivity contribution >= 4 is 56.4 Å². The van der Waals surface area contributed by atoms with Crippen molar-refractivity contribution in [3.63, 3.8) is 0 Å². The summed E-state index contributed by atoms with van der Waals surface area (Å²) in [6.07, 6.45) is 0. The maximum absolute atomic E-state index is 13.3.